The standard InChI is InChI=1S/C16H22O3/c1-11-5-8-14(9-6-11)12(2)7-10-15(17)13(3)16(18)19-4/h5-6,8-9,12,15,17H,3,7,10H2,1-2,4H3. The number of rotatable bonds is 6. The zero-order valence-corrected chi connectivity index (χ0v) is 11.8. The van der Waals surface area contributed by atoms with Crippen LogP contribution in [-0.4, -0.2) is 24.3 Å². The number of benzene rings is 1. The van der Waals surface area contributed by atoms with Gasteiger partial charge in [0.05, 0.1) is 18.8 Å². The first-order valence-electron chi connectivity index (χ1n) is 6.47. The fraction of sp³-hybridized carbons (Fsp3) is 0.438. The summed E-state index contributed by atoms with van der Waals surface area (Å²) in [5.74, 6) is -0.212. The van der Waals surface area contributed by atoms with E-state index < -0.39 is 12.1 Å². The first-order chi connectivity index (χ1) is 8.95. The molecule has 0 aliphatic rings. The number of aliphatic hydroxyl groups is 1. The number of ether oxygens (including phenoxy) is 1. The Labute approximate surface area is 114 Å². The summed E-state index contributed by atoms with van der Waals surface area (Å²) in [6, 6.07) is 8.36. The van der Waals surface area contributed by atoms with Gasteiger partial charge in [-0.05, 0) is 31.2 Å². The lowest BCUT2D eigenvalue weighted by Gasteiger charge is -2.16. The maximum Gasteiger partial charge on any atom is 0.335 e. The van der Waals surface area contributed by atoms with Gasteiger partial charge in [-0.2, -0.15) is 0 Å². The summed E-state index contributed by atoms with van der Waals surface area (Å²) in [6.45, 7) is 7.73. The van der Waals surface area contributed by atoms with E-state index in [1.54, 1.807) is 0 Å². The fourth-order valence-corrected chi connectivity index (χ4v) is 1.91. The lowest BCUT2D eigenvalue weighted by molar-refractivity contribution is -0.137. The molecular formula is C16H22O3. The van der Waals surface area contributed by atoms with Crippen molar-refractivity contribution in [2.24, 2.45) is 0 Å². The van der Waals surface area contributed by atoms with Crippen LogP contribution < -0.4 is 0 Å². The summed E-state index contributed by atoms with van der Waals surface area (Å²) in [5.41, 5.74) is 2.59. The molecule has 3 heteroatoms. The molecule has 0 spiro atoms. The van der Waals surface area contributed by atoms with Crippen molar-refractivity contribution in [3.63, 3.8) is 0 Å². The summed E-state index contributed by atoms with van der Waals surface area (Å²) in [7, 11) is 1.29. The van der Waals surface area contributed by atoms with Gasteiger partial charge in [0.15, 0.2) is 0 Å². The first-order valence-corrected chi connectivity index (χ1v) is 6.47. The minimum absolute atomic E-state index is 0.124. The molecule has 3 nitrogen and oxygen atoms in total. The first kappa shape index (κ1) is 15.4. The SMILES string of the molecule is C=C(C(=O)OC)C(O)CCC(C)c1ccc(C)cc1. The van der Waals surface area contributed by atoms with Crippen molar-refractivity contribution >= 4 is 5.97 Å². The van der Waals surface area contributed by atoms with E-state index in [-0.39, 0.29) is 5.57 Å². The summed E-state index contributed by atoms with van der Waals surface area (Å²) in [4.78, 5) is 11.2. The van der Waals surface area contributed by atoms with Crippen LogP contribution in [0.5, 0.6) is 0 Å². The molecule has 0 saturated carbocycles. The third kappa shape index (κ3) is 4.52. The topological polar surface area (TPSA) is 46.5 Å². The number of aryl methyl sites for hydroxylation is 1. The van der Waals surface area contributed by atoms with Gasteiger partial charge in [-0.3, -0.25) is 0 Å². The van der Waals surface area contributed by atoms with Crippen molar-refractivity contribution < 1.29 is 14.6 Å². The number of hydrogen-bond donors (Lipinski definition) is 1. The van der Waals surface area contributed by atoms with Gasteiger partial charge in [0.1, 0.15) is 0 Å². The zero-order chi connectivity index (χ0) is 14.4. The van der Waals surface area contributed by atoms with Gasteiger partial charge in [-0.25, -0.2) is 4.79 Å². The van der Waals surface area contributed by atoms with Crippen LogP contribution in [0.15, 0.2) is 36.4 Å². The molecule has 1 aromatic rings. The number of carbonyl (C=O) groups is 1. The van der Waals surface area contributed by atoms with E-state index in [4.69, 9.17) is 0 Å². The Morgan fingerprint density at radius 1 is 1.32 bits per heavy atom. The Kier molecular flexibility index (Phi) is 5.77. The van der Waals surface area contributed by atoms with Crippen LogP contribution in [0.3, 0.4) is 0 Å². The lowest BCUT2D eigenvalue weighted by atomic mass is 9.93. The Morgan fingerprint density at radius 3 is 2.42 bits per heavy atom. The molecule has 1 aromatic carbocycles. The second-order valence-corrected chi connectivity index (χ2v) is 4.92. The van der Waals surface area contributed by atoms with Gasteiger partial charge in [-0.1, -0.05) is 43.3 Å². The summed E-state index contributed by atoms with van der Waals surface area (Å²) >= 11 is 0. The van der Waals surface area contributed by atoms with Crippen LogP contribution in [0, 0.1) is 6.92 Å². The van der Waals surface area contributed by atoms with E-state index in [1.165, 1.54) is 18.2 Å². The third-order valence-electron chi connectivity index (χ3n) is 3.37. The Hall–Kier alpha value is -1.61. The maximum atomic E-state index is 11.2. The highest BCUT2D eigenvalue weighted by Crippen LogP contribution is 2.23. The number of esters is 1. The highest BCUT2D eigenvalue weighted by atomic mass is 16.5. The van der Waals surface area contributed by atoms with Crippen LogP contribution in [0.4, 0.5) is 0 Å². The molecule has 0 saturated heterocycles. The van der Waals surface area contributed by atoms with Crippen molar-refractivity contribution in [3.8, 4) is 0 Å². The van der Waals surface area contributed by atoms with E-state index >= 15 is 0 Å². The van der Waals surface area contributed by atoms with Crippen molar-refractivity contribution in [2.75, 3.05) is 7.11 Å². The van der Waals surface area contributed by atoms with Crippen molar-refractivity contribution in [1.29, 1.82) is 0 Å². The average molecular weight is 262 g/mol. The molecule has 1 rings (SSSR count). The van der Waals surface area contributed by atoms with Gasteiger partial charge >= 0.3 is 5.97 Å². The van der Waals surface area contributed by atoms with E-state index in [1.807, 2.05) is 0 Å². The average Bonchev–Trinajstić information content (AvgIpc) is 2.43. The second kappa shape index (κ2) is 7.10. The molecule has 0 aliphatic heterocycles. The summed E-state index contributed by atoms with van der Waals surface area (Å²) in [6.07, 6.45) is 0.462. The van der Waals surface area contributed by atoms with Gasteiger partial charge in [0.25, 0.3) is 0 Å². The van der Waals surface area contributed by atoms with E-state index in [9.17, 15) is 9.90 Å². The molecule has 0 aromatic heterocycles. The van der Waals surface area contributed by atoms with Crippen LogP contribution in [0.25, 0.3) is 0 Å². The number of carbonyl (C=O) groups excluding carboxylic acids is 1. The number of hydrogen-bond acceptors (Lipinski definition) is 3. The molecule has 0 heterocycles. The highest BCUT2D eigenvalue weighted by molar-refractivity contribution is 5.88. The van der Waals surface area contributed by atoms with Crippen molar-refractivity contribution in [3.05, 3.63) is 47.5 Å². The molecule has 0 radical (unpaired) electrons. The molecule has 2 unspecified atom stereocenters. The van der Waals surface area contributed by atoms with Gasteiger partial charge in [-0.15, -0.1) is 0 Å². The molecular weight excluding hydrogens is 240 g/mol. The maximum absolute atomic E-state index is 11.2. The van der Waals surface area contributed by atoms with E-state index in [0.717, 1.165) is 6.42 Å². The fourth-order valence-electron chi connectivity index (χ4n) is 1.91. The van der Waals surface area contributed by atoms with Crippen molar-refractivity contribution in [2.45, 2.75) is 38.7 Å². The summed E-state index contributed by atoms with van der Waals surface area (Å²) in [5, 5.41) is 9.86. The second-order valence-electron chi connectivity index (χ2n) is 4.92. The molecule has 0 fully saturated rings. The van der Waals surface area contributed by atoms with Gasteiger partial charge < -0.3 is 9.84 Å². The van der Waals surface area contributed by atoms with Crippen LogP contribution >= 0.6 is 0 Å². The normalized spacial score (nSPS) is 13.7. The minimum atomic E-state index is -0.833. The van der Waals surface area contributed by atoms with Crippen LogP contribution in [-0.2, 0) is 9.53 Å². The lowest BCUT2D eigenvalue weighted by Crippen LogP contribution is -2.18. The van der Waals surface area contributed by atoms with Gasteiger partial charge in [0, 0.05) is 0 Å². The Bertz CT molecular complexity index is 434. The predicted octanol–water partition coefficient (Wildman–Crippen LogP) is 2.97. The largest absolute Gasteiger partial charge is 0.466 e. The smallest absolute Gasteiger partial charge is 0.335 e. The molecule has 0 amide bonds. The monoisotopic (exact) mass is 262 g/mol. The quantitative estimate of drug-likeness (QED) is 0.633. The molecule has 2 atom stereocenters. The highest BCUT2D eigenvalue weighted by Gasteiger charge is 2.18. The predicted molar refractivity (Wildman–Crippen MR) is 76.0 cm³/mol. The molecule has 0 bridgehead atoms. The molecule has 104 valence electrons. The van der Waals surface area contributed by atoms with Crippen molar-refractivity contribution in [1.82, 2.24) is 0 Å². The Balaban J connectivity index is 2.50. The molecule has 1 N–H and O–H groups in total. The third-order valence-corrected chi connectivity index (χ3v) is 3.37. The van der Waals surface area contributed by atoms with Crippen LogP contribution in [0.2, 0.25) is 0 Å². The minimum Gasteiger partial charge on any atom is -0.466 e. The van der Waals surface area contributed by atoms with Crippen LogP contribution in [0.1, 0.15) is 36.8 Å². The molecule has 0 aliphatic carbocycles. The summed E-state index contributed by atoms with van der Waals surface area (Å²) < 4.78 is 4.54. The zero-order valence-electron chi connectivity index (χ0n) is 11.8. The van der Waals surface area contributed by atoms with Gasteiger partial charge in [0.2, 0.25) is 0 Å². The number of aliphatic hydroxyl groups excluding tert-OH is 1. The molecule has 19 heavy (non-hydrogen) atoms. The number of methoxy groups -OCH3 is 1. The Morgan fingerprint density at radius 2 is 1.89 bits per heavy atom. The van der Waals surface area contributed by atoms with E-state index in [2.05, 4.69) is 49.4 Å². The van der Waals surface area contributed by atoms with E-state index in [0.29, 0.717) is 12.3 Å².